The number of likely N-dealkylation sites (tertiary alicyclic amines) is 1. The van der Waals surface area contributed by atoms with Crippen LogP contribution in [0.5, 0.6) is 0 Å². The van der Waals surface area contributed by atoms with Crippen LogP contribution in [-0.2, 0) is 31.9 Å². The van der Waals surface area contributed by atoms with Crippen LogP contribution in [0, 0.1) is 5.41 Å². The Balaban J connectivity index is 1.26. The van der Waals surface area contributed by atoms with Crippen molar-refractivity contribution in [2.45, 2.75) is 63.4 Å². The van der Waals surface area contributed by atoms with E-state index in [0.29, 0.717) is 32.5 Å². The maximum absolute atomic E-state index is 13.1. The third kappa shape index (κ3) is 9.84. The zero-order valence-electron chi connectivity index (χ0n) is 26.9. The number of nitrogens with zero attached hydrogens (tertiary/aromatic N) is 2. The van der Waals surface area contributed by atoms with Gasteiger partial charge in [0.1, 0.15) is 0 Å². The number of methoxy groups -OCH3 is 1. The van der Waals surface area contributed by atoms with Crippen LogP contribution in [-0.4, -0.2) is 79.5 Å². The highest BCUT2D eigenvalue weighted by Crippen LogP contribution is 2.50. The summed E-state index contributed by atoms with van der Waals surface area (Å²) in [5, 5.41) is 17.0. The van der Waals surface area contributed by atoms with Crippen molar-refractivity contribution in [3.8, 4) is 11.1 Å². The summed E-state index contributed by atoms with van der Waals surface area (Å²) in [6, 6.07) is 27.9. The van der Waals surface area contributed by atoms with Gasteiger partial charge in [0.05, 0.1) is 37.9 Å². The fourth-order valence-corrected chi connectivity index (χ4v) is 6.43. The summed E-state index contributed by atoms with van der Waals surface area (Å²) in [5.74, 6) is 0.155. The molecule has 2 atom stereocenters. The lowest BCUT2D eigenvalue weighted by Gasteiger charge is -2.39. The molecule has 2 N–H and O–H groups in total. The molecule has 9 nitrogen and oxygen atoms in total. The molecule has 3 aromatic carbocycles. The Kier molecular flexibility index (Phi) is 12.6. The number of amides is 1. The SMILES string of the molecule is COCCCc1ccccc1CC1(COC2CN(C(=O)OCCCCON(O)O)CCC2c2cccc(-c3ccccc3)c2)CC1. The molecule has 2 unspecified atom stereocenters. The van der Waals surface area contributed by atoms with Gasteiger partial charge in [-0.1, -0.05) is 78.9 Å². The molecule has 0 aromatic heterocycles. The average molecular weight is 633 g/mol. The van der Waals surface area contributed by atoms with Gasteiger partial charge in [-0.25, -0.2) is 4.79 Å². The van der Waals surface area contributed by atoms with E-state index in [1.54, 1.807) is 12.0 Å². The highest BCUT2D eigenvalue weighted by atomic mass is 17.1. The first kappa shape index (κ1) is 34.0. The molecule has 0 spiro atoms. The Labute approximate surface area is 272 Å². The quantitative estimate of drug-likeness (QED) is 0.121. The number of ether oxygens (including phenoxy) is 3. The summed E-state index contributed by atoms with van der Waals surface area (Å²) in [7, 11) is 1.75. The minimum Gasteiger partial charge on any atom is -0.449 e. The van der Waals surface area contributed by atoms with Crippen LogP contribution in [0.4, 0.5) is 4.79 Å². The molecule has 1 aliphatic carbocycles. The van der Waals surface area contributed by atoms with Crippen LogP contribution in [0.3, 0.4) is 0 Å². The Morgan fingerprint density at radius 3 is 2.39 bits per heavy atom. The van der Waals surface area contributed by atoms with Crippen LogP contribution in [0.15, 0.2) is 78.9 Å². The molecule has 2 aliphatic rings. The van der Waals surface area contributed by atoms with E-state index in [9.17, 15) is 4.79 Å². The average Bonchev–Trinajstić information content (AvgIpc) is 3.85. The lowest BCUT2D eigenvalue weighted by atomic mass is 9.85. The number of aryl methyl sites for hydroxylation is 1. The Bertz CT molecular complexity index is 1360. The summed E-state index contributed by atoms with van der Waals surface area (Å²) in [4.78, 5) is 19.4. The van der Waals surface area contributed by atoms with Gasteiger partial charge in [-0.2, -0.15) is 0 Å². The second-order valence-electron chi connectivity index (χ2n) is 12.6. The molecule has 1 aliphatic heterocycles. The molecule has 5 rings (SSSR count). The summed E-state index contributed by atoms with van der Waals surface area (Å²) >= 11 is 0. The van der Waals surface area contributed by atoms with Gasteiger partial charge in [-0.15, -0.1) is 0 Å². The molecule has 1 amide bonds. The second kappa shape index (κ2) is 17.0. The number of hydrogen-bond donors (Lipinski definition) is 2. The normalized spacial score (nSPS) is 18.9. The summed E-state index contributed by atoms with van der Waals surface area (Å²) in [6.07, 6.45) is 6.65. The number of benzene rings is 3. The van der Waals surface area contributed by atoms with Gasteiger partial charge < -0.3 is 19.1 Å². The van der Waals surface area contributed by atoms with E-state index in [1.165, 1.54) is 27.8 Å². The van der Waals surface area contributed by atoms with Crippen LogP contribution in [0.1, 0.15) is 61.1 Å². The van der Waals surface area contributed by atoms with Gasteiger partial charge in [0, 0.05) is 26.2 Å². The van der Waals surface area contributed by atoms with Gasteiger partial charge in [-0.05, 0) is 84.6 Å². The van der Waals surface area contributed by atoms with Gasteiger partial charge in [-0.3, -0.25) is 15.3 Å². The first-order chi connectivity index (χ1) is 22.5. The summed E-state index contributed by atoms with van der Waals surface area (Å²) in [5.41, 5.74) is 6.50. The molecule has 1 heterocycles. The van der Waals surface area contributed by atoms with E-state index in [4.69, 9.17) is 24.6 Å². The highest BCUT2D eigenvalue weighted by molar-refractivity contribution is 5.68. The maximum Gasteiger partial charge on any atom is 0.409 e. The highest BCUT2D eigenvalue weighted by Gasteiger charge is 2.45. The van der Waals surface area contributed by atoms with Crippen LogP contribution in [0.2, 0.25) is 0 Å². The van der Waals surface area contributed by atoms with Gasteiger partial charge in [0.25, 0.3) is 0 Å². The Hall–Kier alpha value is -3.31. The minimum absolute atomic E-state index is 0.118. The fraction of sp³-hybridized carbons (Fsp3) is 0.486. The number of carbonyl (C=O) groups excluding carboxylic acids is 1. The molecule has 9 heteroatoms. The zero-order valence-corrected chi connectivity index (χ0v) is 26.9. The van der Waals surface area contributed by atoms with Gasteiger partial charge in [0.2, 0.25) is 0 Å². The molecule has 1 saturated carbocycles. The standard InChI is InChI=1S/C37H48N2O7/c1-43-22-10-17-30-13-5-6-14-33(30)26-37(19-20-37)28-45-35-27-38(36(40)44-23-7-8-24-46-39(41)42)21-18-34(35)32-16-9-15-31(25-32)29-11-3-2-4-12-29/h2-6,9,11-16,25,34-35,41-42H,7-8,10,17-24,26-28H2,1H3. The first-order valence-corrected chi connectivity index (χ1v) is 16.5. The molecule has 46 heavy (non-hydrogen) atoms. The fourth-order valence-electron chi connectivity index (χ4n) is 6.43. The topological polar surface area (TPSA) is 101 Å². The Morgan fingerprint density at radius 1 is 0.891 bits per heavy atom. The number of hydrogen-bond acceptors (Lipinski definition) is 8. The van der Waals surface area contributed by atoms with Crippen molar-refractivity contribution in [3.05, 3.63) is 95.6 Å². The smallest absolute Gasteiger partial charge is 0.409 e. The molecule has 248 valence electrons. The van der Waals surface area contributed by atoms with E-state index >= 15 is 0 Å². The number of unbranched alkanes of at least 4 members (excludes halogenated alkanes) is 1. The van der Waals surface area contributed by atoms with Crippen LogP contribution in [0.25, 0.3) is 11.1 Å². The maximum atomic E-state index is 13.1. The predicted octanol–water partition coefficient (Wildman–Crippen LogP) is 7.06. The number of rotatable bonds is 17. The number of carbonyl (C=O) groups is 1. The van der Waals surface area contributed by atoms with Gasteiger partial charge >= 0.3 is 6.09 Å². The molecule has 2 fully saturated rings. The second-order valence-corrected chi connectivity index (χ2v) is 12.6. The van der Waals surface area contributed by atoms with Crippen molar-refractivity contribution in [3.63, 3.8) is 0 Å². The molecule has 3 aromatic rings. The van der Waals surface area contributed by atoms with E-state index < -0.39 is 0 Å². The van der Waals surface area contributed by atoms with Crippen molar-refractivity contribution in [1.29, 1.82) is 0 Å². The van der Waals surface area contributed by atoms with E-state index in [1.807, 2.05) is 6.07 Å². The molecule has 0 bridgehead atoms. The monoisotopic (exact) mass is 632 g/mol. The number of piperidine rings is 1. The first-order valence-electron chi connectivity index (χ1n) is 16.5. The third-order valence-electron chi connectivity index (χ3n) is 9.25. The lowest BCUT2D eigenvalue weighted by molar-refractivity contribution is -0.492. The van der Waals surface area contributed by atoms with Crippen molar-refractivity contribution in [2.24, 2.45) is 5.41 Å². The molecular weight excluding hydrogens is 584 g/mol. The third-order valence-corrected chi connectivity index (χ3v) is 9.25. The Morgan fingerprint density at radius 2 is 1.63 bits per heavy atom. The zero-order chi connectivity index (χ0) is 32.2. The van der Waals surface area contributed by atoms with Crippen molar-refractivity contribution in [2.75, 3.05) is 46.6 Å². The minimum atomic E-state index is -0.344. The predicted molar refractivity (Wildman–Crippen MR) is 175 cm³/mol. The van der Waals surface area contributed by atoms with Crippen molar-refractivity contribution in [1.82, 2.24) is 10.3 Å². The summed E-state index contributed by atoms with van der Waals surface area (Å²) in [6.45, 7) is 2.83. The summed E-state index contributed by atoms with van der Waals surface area (Å²) < 4.78 is 17.7. The molecule has 0 radical (unpaired) electrons. The van der Waals surface area contributed by atoms with Crippen molar-refractivity contribution >= 4 is 6.09 Å². The molecule has 1 saturated heterocycles. The van der Waals surface area contributed by atoms with Crippen LogP contribution < -0.4 is 0 Å². The van der Waals surface area contributed by atoms with Gasteiger partial charge in [0.15, 0.2) is 0 Å². The van der Waals surface area contributed by atoms with E-state index in [-0.39, 0.29) is 42.1 Å². The van der Waals surface area contributed by atoms with Crippen LogP contribution >= 0.6 is 0 Å². The molecular formula is C37H48N2O7. The lowest BCUT2D eigenvalue weighted by Crippen LogP contribution is -2.47. The van der Waals surface area contributed by atoms with E-state index in [2.05, 4.69) is 77.6 Å². The van der Waals surface area contributed by atoms with Crippen molar-refractivity contribution < 1.29 is 34.3 Å². The van der Waals surface area contributed by atoms with E-state index in [0.717, 1.165) is 45.1 Å². The largest absolute Gasteiger partial charge is 0.449 e.